The van der Waals surface area contributed by atoms with Crippen LogP contribution in [-0.2, 0) is 26.4 Å². The predicted octanol–water partition coefficient (Wildman–Crippen LogP) is 6.05. The summed E-state index contributed by atoms with van der Waals surface area (Å²) >= 11 is 5.55. The molecule has 3 atom stereocenters. The number of carbonyl (C=O) groups is 1. The van der Waals surface area contributed by atoms with Crippen molar-refractivity contribution in [3.63, 3.8) is 0 Å². The minimum Gasteiger partial charge on any atom is -0.448 e. The minimum absolute atomic E-state index is 0.00890. The number of halogens is 1. The van der Waals surface area contributed by atoms with Gasteiger partial charge in [0.25, 0.3) is 0 Å². The van der Waals surface area contributed by atoms with E-state index in [-0.39, 0.29) is 42.5 Å². The lowest BCUT2D eigenvalue weighted by Crippen LogP contribution is -2.62. The number of thiocarbonyl (C=S) groups is 1. The van der Waals surface area contributed by atoms with Gasteiger partial charge >= 0.3 is 6.09 Å². The van der Waals surface area contributed by atoms with Gasteiger partial charge in [0.1, 0.15) is 12.4 Å². The van der Waals surface area contributed by atoms with Crippen molar-refractivity contribution >= 4 is 23.4 Å². The van der Waals surface area contributed by atoms with Crippen LogP contribution in [0.2, 0.25) is 0 Å². The van der Waals surface area contributed by atoms with Crippen molar-refractivity contribution in [1.29, 1.82) is 0 Å². The summed E-state index contributed by atoms with van der Waals surface area (Å²) in [6, 6.07) is 32.3. The molecule has 0 spiro atoms. The Kier molecular flexibility index (Phi) is 9.51. The monoisotopic (exact) mass is 626 g/mol. The molecule has 9 heteroatoms. The lowest BCUT2D eigenvalue weighted by Gasteiger charge is -2.47. The molecular formula is C36H35FN2O5S. The largest absolute Gasteiger partial charge is 0.448 e. The van der Waals surface area contributed by atoms with Crippen LogP contribution in [0.4, 0.5) is 9.18 Å². The number of fused-ring (bicyclic) bond motifs is 3. The van der Waals surface area contributed by atoms with Gasteiger partial charge in [0.2, 0.25) is 0 Å². The first kappa shape index (κ1) is 30.9. The van der Waals surface area contributed by atoms with E-state index >= 15 is 4.39 Å². The highest BCUT2D eigenvalue weighted by molar-refractivity contribution is 7.80. The van der Waals surface area contributed by atoms with Crippen molar-refractivity contribution in [2.24, 2.45) is 5.92 Å². The molecule has 2 aliphatic rings. The molecule has 1 aliphatic heterocycles. The Morgan fingerprint density at radius 3 is 2.24 bits per heavy atom. The van der Waals surface area contributed by atoms with Gasteiger partial charge in [0.15, 0.2) is 5.11 Å². The second-order valence-electron chi connectivity index (χ2n) is 11.4. The van der Waals surface area contributed by atoms with Crippen LogP contribution in [0.5, 0.6) is 0 Å². The number of hydrogen-bond donors (Lipinski definition) is 3. The smallest absolute Gasteiger partial charge is 0.413 e. The van der Waals surface area contributed by atoms with Crippen LogP contribution >= 0.6 is 12.2 Å². The van der Waals surface area contributed by atoms with Crippen LogP contribution in [0, 0.1) is 11.7 Å². The maximum absolute atomic E-state index is 15.3. The Bertz CT molecular complexity index is 1610. The van der Waals surface area contributed by atoms with E-state index in [0.717, 1.165) is 27.8 Å². The number of aliphatic hydroxyl groups is 1. The highest BCUT2D eigenvalue weighted by atomic mass is 32.1. The van der Waals surface area contributed by atoms with Crippen molar-refractivity contribution < 1.29 is 28.5 Å². The molecule has 1 aliphatic carbocycles. The first-order chi connectivity index (χ1) is 22.0. The molecule has 3 N–H and O–H groups in total. The van der Waals surface area contributed by atoms with Gasteiger partial charge in [-0.05, 0) is 52.5 Å². The van der Waals surface area contributed by atoms with E-state index in [1.165, 1.54) is 6.07 Å². The van der Waals surface area contributed by atoms with Gasteiger partial charge < -0.3 is 24.6 Å². The van der Waals surface area contributed by atoms with E-state index in [4.69, 9.17) is 26.4 Å². The van der Waals surface area contributed by atoms with Crippen LogP contribution in [0.25, 0.3) is 11.1 Å². The van der Waals surface area contributed by atoms with E-state index < -0.39 is 23.4 Å². The number of benzene rings is 4. The fourth-order valence-electron chi connectivity index (χ4n) is 6.47. The third-order valence-electron chi connectivity index (χ3n) is 8.68. The van der Waals surface area contributed by atoms with E-state index in [2.05, 4.69) is 22.8 Å². The zero-order chi connectivity index (χ0) is 31.2. The molecule has 6 rings (SSSR count). The number of nitrogens with one attached hydrogen (secondary N) is 2. The molecule has 1 heterocycles. The average Bonchev–Trinajstić information content (AvgIpc) is 3.38. The summed E-state index contributed by atoms with van der Waals surface area (Å²) < 4.78 is 33.1. The first-order valence-corrected chi connectivity index (χ1v) is 15.4. The Morgan fingerprint density at radius 1 is 0.911 bits per heavy atom. The summed E-state index contributed by atoms with van der Waals surface area (Å²) in [4.78, 5) is 13.0. The summed E-state index contributed by atoms with van der Waals surface area (Å²) in [6.07, 6.45) is -0.682. The Labute approximate surface area is 267 Å². The summed E-state index contributed by atoms with van der Waals surface area (Å²) in [5.41, 5.74) is 4.52. The molecule has 45 heavy (non-hydrogen) atoms. The normalized spacial score (nSPS) is 20.6. The molecule has 4 aromatic carbocycles. The summed E-state index contributed by atoms with van der Waals surface area (Å²) in [7, 11) is 0. The maximum Gasteiger partial charge on any atom is 0.413 e. The summed E-state index contributed by atoms with van der Waals surface area (Å²) in [5, 5.41) is 16.2. The highest BCUT2D eigenvalue weighted by Crippen LogP contribution is 2.44. The third kappa shape index (κ3) is 6.62. The lowest BCUT2D eigenvalue weighted by molar-refractivity contribution is -0.111. The van der Waals surface area contributed by atoms with Gasteiger partial charge in [-0.25, -0.2) is 9.18 Å². The molecule has 3 unspecified atom stereocenters. The molecule has 4 aromatic rings. The van der Waals surface area contributed by atoms with Gasteiger partial charge in [-0.15, -0.1) is 0 Å². The summed E-state index contributed by atoms with van der Waals surface area (Å²) in [5.74, 6) is -1.09. The third-order valence-corrected chi connectivity index (χ3v) is 8.88. The van der Waals surface area contributed by atoms with Crippen molar-refractivity contribution in [2.75, 3.05) is 26.4 Å². The molecular weight excluding hydrogens is 591 g/mol. The number of carbonyl (C=O) groups excluding carboxylic acids is 1. The van der Waals surface area contributed by atoms with E-state index in [0.29, 0.717) is 19.6 Å². The number of rotatable bonds is 9. The van der Waals surface area contributed by atoms with E-state index in [9.17, 15) is 9.90 Å². The Balaban J connectivity index is 1.12. The fraction of sp³-hybridized carbons (Fsp3) is 0.278. The molecule has 1 fully saturated rings. The number of hydrogen-bond acceptors (Lipinski definition) is 6. The Morgan fingerprint density at radius 2 is 1.56 bits per heavy atom. The minimum atomic E-state index is -1.25. The van der Waals surface area contributed by atoms with Crippen LogP contribution in [0.3, 0.4) is 0 Å². The molecule has 0 saturated carbocycles. The topological polar surface area (TPSA) is 89.1 Å². The van der Waals surface area contributed by atoms with Gasteiger partial charge in [0, 0.05) is 24.0 Å². The number of alkyl carbamates (subject to hydrolysis) is 1. The zero-order valence-corrected chi connectivity index (χ0v) is 25.5. The second-order valence-corrected chi connectivity index (χ2v) is 11.8. The van der Waals surface area contributed by atoms with Gasteiger partial charge in [-0.3, -0.25) is 5.32 Å². The van der Waals surface area contributed by atoms with Crippen molar-refractivity contribution in [1.82, 2.24) is 10.6 Å². The van der Waals surface area contributed by atoms with Crippen LogP contribution in [-0.4, -0.2) is 48.8 Å². The molecule has 0 radical (unpaired) electrons. The maximum atomic E-state index is 15.3. The number of aliphatic hydroxyl groups excluding tert-OH is 1. The number of amides is 1. The zero-order valence-electron chi connectivity index (χ0n) is 24.7. The van der Waals surface area contributed by atoms with Crippen LogP contribution in [0.15, 0.2) is 103 Å². The van der Waals surface area contributed by atoms with E-state index in [1.54, 1.807) is 18.2 Å². The quantitative estimate of drug-likeness (QED) is 0.195. The molecule has 1 saturated heterocycles. The van der Waals surface area contributed by atoms with Gasteiger partial charge in [-0.1, -0.05) is 97.1 Å². The van der Waals surface area contributed by atoms with Crippen molar-refractivity contribution in [2.45, 2.75) is 30.6 Å². The van der Waals surface area contributed by atoms with Gasteiger partial charge in [-0.2, -0.15) is 0 Å². The van der Waals surface area contributed by atoms with Crippen LogP contribution < -0.4 is 10.6 Å². The lowest BCUT2D eigenvalue weighted by atomic mass is 9.74. The second kappa shape index (κ2) is 13.9. The highest BCUT2D eigenvalue weighted by Gasteiger charge is 2.47. The summed E-state index contributed by atoms with van der Waals surface area (Å²) in [6.45, 7) is 0.572. The van der Waals surface area contributed by atoms with Crippen LogP contribution in [0.1, 0.15) is 34.6 Å². The molecule has 0 bridgehead atoms. The molecule has 0 aromatic heterocycles. The predicted molar refractivity (Wildman–Crippen MR) is 173 cm³/mol. The SMILES string of the molecule is O=C(NC(=S)NC1(c2ccccc2F)COC(COCc2ccccc2)CC1CO)OCC1c2ccccc2-c2ccccc21. The average molecular weight is 627 g/mol. The standard InChI is InChI=1S/C36H35FN2O5S/c37-33-17-9-8-16-32(33)36(23-44-26(18-25(36)19-40)21-42-20-24-10-2-1-3-11-24)39-34(45)38-35(41)43-22-31-29-14-6-4-12-27(29)28-13-5-7-15-30(28)31/h1-17,25-26,31,40H,18-23H2,(H2,38,39,41,45). The molecule has 7 nitrogen and oxygen atoms in total. The number of ether oxygens (including phenoxy) is 3. The molecule has 1 amide bonds. The fourth-order valence-corrected chi connectivity index (χ4v) is 6.74. The van der Waals surface area contributed by atoms with Gasteiger partial charge in [0.05, 0.1) is 31.5 Å². The Hall–Kier alpha value is -4.15. The first-order valence-electron chi connectivity index (χ1n) is 15.0. The van der Waals surface area contributed by atoms with Crippen molar-refractivity contribution in [3.05, 3.63) is 131 Å². The molecule has 232 valence electrons. The van der Waals surface area contributed by atoms with Crippen molar-refractivity contribution in [3.8, 4) is 11.1 Å². The van der Waals surface area contributed by atoms with E-state index in [1.807, 2.05) is 66.7 Å².